The van der Waals surface area contributed by atoms with Crippen molar-refractivity contribution in [2.24, 2.45) is 10.8 Å². The Labute approximate surface area is 416 Å². The van der Waals surface area contributed by atoms with Crippen molar-refractivity contribution < 1.29 is 27.6 Å². The first kappa shape index (κ1) is 48.2. The molecule has 1 aliphatic carbocycles. The number of ether oxygens (including phenoxy) is 2. The highest BCUT2D eigenvalue weighted by Gasteiger charge is 2.50. The molecule has 3 N–H and O–H groups in total. The average Bonchev–Trinajstić information content (AvgIpc) is 4.01. The zero-order chi connectivity index (χ0) is 49.8. The second kappa shape index (κ2) is 18.9. The van der Waals surface area contributed by atoms with E-state index in [1.807, 2.05) is 45.0 Å². The van der Waals surface area contributed by atoms with Crippen molar-refractivity contribution in [3.05, 3.63) is 141 Å². The van der Waals surface area contributed by atoms with Gasteiger partial charge in [-0.25, -0.2) is 18.1 Å². The van der Waals surface area contributed by atoms with E-state index >= 15 is 0 Å². The van der Waals surface area contributed by atoms with E-state index < -0.39 is 20.9 Å². The van der Waals surface area contributed by atoms with E-state index in [2.05, 4.69) is 85.0 Å². The van der Waals surface area contributed by atoms with Crippen molar-refractivity contribution in [3.8, 4) is 17.2 Å². The largest absolute Gasteiger partial charge is 0.497 e. The van der Waals surface area contributed by atoms with E-state index in [1.54, 1.807) is 37.7 Å². The van der Waals surface area contributed by atoms with Crippen LogP contribution in [0, 0.1) is 20.9 Å². The SMILES string of the molecule is COc1ccc(CN2CCN(C3CC4(CCN(c5ccc(C(=O)NS(=O)(=O)c6cc7c(c([N+](=O)[O-])c6)NC(C(C)(C)C)C7)c(Oc6cnc7[nH]ccc7c6)c5)CC4)C3)C(c3ccccc3C(C)C)C2)cc1. The number of rotatable bonds is 13. The van der Waals surface area contributed by atoms with E-state index in [9.17, 15) is 23.3 Å². The summed E-state index contributed by atoms with van der Waals surface area (Å²) < 4.78 is 42.0. The summed E-state index contributed by atoms with van der Waals surface area (Å²) in [6.07, 6.45) is 8.07. The van der Waals surface area contributed by atoms with Crippen LogP contribution in [0.5, 0.6) is 17.2 Å². The fraction of sp³-hybridized carbons (Fsp3) is 0.418. The van der Waals surface area contributed by atoms with Crippen molar-refractivity contribution >= 4 is 44.0 Å². The van der Waals surface area contributed by atoms with Crippen LogP contribution >= 0.6 is 0 Å². The maximum absolute atomic E-state index is 14.2. The zero-order valence-corrected chi connectivity index (χ0v) is 42.2. The number of nitro benzene ring substituents is 1. The molecule has 1 spiro atoms. The topological polar surface area (TPSA) is 175 Å². The number of benzene rings is 4. The lowest BCUT2D eigenvalue weighted by molar-refractivity contribution is -0.384. The van der Waals surface area contributed by atoms with Crippen LogP contribution in [-0.4, -0.2) is 90.9 Å². The number of hydrogen-bond acceptors (Lipinski definition) is 12. The number of sulfonamides is 1. The molecule has 2 atom stereocenters. The minimum Gasteiger partial charge on any atom is -0.497 e. The fourth-order valence-electron chi connectivity index (χ4n) is 11.4. The van der Waals surface area contributed by atoms with Gasteiger partial charge in [-0.3, -0.25) is 24.7 Å². The van der Waals surface area contributed by atoms with Gasteiger partial charge in [0.05, 0.1) is 28.7 Å². The number of hydrogen-bond donors (Lipinski definition) is 3. The highest BCUT2D eigenvalue weighted by atomic mass is 32.2. The number of H-pyrrole nitrogens is 1. The Kier molecular flexibility index (Phi) is 12.8. The smallest absolute Gasteiger partial charge is 0.293 e. The van der Waals surface area contributed by atoms with Gasteiger partial charge in [0, 0.05) is 86.8 Å². The van der Waals surface area contributed by atoms with Gasteiger partial charge >= 0.3 is 0 Å². The fourth-order valence-corrected chi connectivity index (χ4v) is 12.5. The van der Waals surface area contributed by atoms with Crippen molar-refractivity contribution in [2.75, 3.05) is 50.1 Å². The molecule has 71 heavy (non-hydrogen) atoms. The summed E-state index contributed by atoms with van der Waals surface area (Å²) in [5.41, 5.74) is 6.10. The third-order valence-corrected chi connectivity index (χ3v) is 16.9. The number of methoxy groups -OCH3 is 1. The summed E-state index contributed by atoms with van der Waals surface area (Å²) >= 11 is 0. The van der Waals surface area contributed by atoms with Crippen LogP contribution in [0.4, 0.5) is 17.1 Å². The number of piperidine rings is 1. The maximum atomic E-state index is 14.2. The first-order valence-corrected chi connectivity index (χ1v) is 26.3. The minimum atomic E-state index is -4.57. The van der Waals surface area contributed by atoms with Gasteiger partial charge in [-0.15, -0.1) is 0 Å². The second-order valence-electron chi connectivity index (χ2n) is 21.5. The van der Waals surface area contributed by atoms with Gasteiger partial charge in [0.15, 0.2) is 0 Å². The molecule has 2 saturated heterocycles. The number of aromatic amines is 1. The summed E-state index contributed by atoms with van der Waals surface area (Å²) in [7, 11) is -2.87. The molecule has 3 aliphatic heterocycles. The molecule has 2 unspecified atom stereocenters. The number of pyridine rings is 1. The number of amides is 1. The van der Waals surface area contributed by atoms with Crippen LogP contribution in [0.3, 0.4) is 0 Å². The Morgan fingerprint density at radius 2 is 1.72 bits per heavy atom. The Hall–Kier alpha value is -6.49. The predicted octanol–water partition coefficient (Wildman–Crippen LogP) is 10.2. The summed E-state index contributed by atoms with van der Waals surface area (Å²) in [5, 5.41) is 16.3. The maximum Gasteiger partial charge on any atom is 0.293 e. The molecule has 2 aromatic heterocycles. The average molecular weight is 981 g/mol. The summed E-state index contributed by atoms with van der Waals surface area (Å²) in [6, 6.07) is 29.4. The monoisotopic (exact) mass is 980 g/mol. The standard InChI is InChI=1S/C55H64N8O7S/c1-35(2)44-9-7-8-10-45(44)48-34-60(33-36-11-14-41(69-6)15-12-36)23-24-62(48)40-30-55(31-40)18-21-61(22-19-55)39-13-16-46(49(28-39)70-42-25-37-17-20-56-52(37)57-32-42)53(64)59-71(67,68)43-26-38-27-50(54(3,4)5)58-51(38)47(29-43)63(65)66/h7-17,20,25-26,28-29,32,35,40,48,50,58H,18-19,21-24,27,30-31,33-34H2,1-6H3,(H,56,57)(H,59,64). The number of nitro groups is 1. The van der Waals surface area contributed by atoms with E-state index in [0.29, 0.717) is 47.1 Å². The van der Waals surface area contributed by atoms with E-state index in [1.165, 1.54) is 22.8 Å². The molecule has 16 heteroatoms. The van der Waals surface area contributed by atoms with Crippen LogP contribution in [0.2, 0.25) is 0 Å². The number of nitrogens with one attached hydrogen (secondary N) is 3. The first-order chi connectivity index (χ1) is 34.0. The Bertz CT molecular complexity index is 3080. The van der Waals surface area contributed by atoms with Crippen LogP contribution in [-0.2, 0) is 23.0 Å². The molecule has 1 amide bonds. The third kappa shape index (κ3) is 9.81. The second-order valence-corrected chi connectivity index (χ2v) is 23.2. The molecule has 4 aromatic carbocycles. The highest BCUT2D eigenvalue weighted by Crippen LogP contribution is 2.53. The van der Waals surface area contributed by atoms with Gasteiger partial charge in [0.1, 0.15) is 28.6 Å². The highest BCUT2D eigenvalue weighted by molar-refractivity contribution is 7.90. The molecule has 10 rings (SSSR count). The van der Waals surface area contributed by atoms with E-state index in [0.717, 1.165) is 87.8 Å². The predicted molar refractivity (Wildman–Crippen MR) is 276 cm³/mol. The van der Waals surface area contributed by atoms with Crippen molar-refractivity contribution in [1.29, 1.82) is 0 Å². The number of carbonyl (C=O) groups is 1. The first-order valence-electron chi connectivity index (χ1n) is 24.8. The van der Waals surface area contributed by atoms with Crippen molar-refractivity contribution in [1.82, 2.24) is 24.5 Å². The normalized spacial score (nSPS) is 19.6. The number of piperazine rings is 1. The third-order valence-electron chi connectivity index (χ3n) is 15.6. The number of aromatic nitrogens is 2. The van der Waals surface area contributed by atoms with Gasteiger partial charge in [0.2, 0.25) is 0 Å². The quantitative estimate of drug-likeness (QED) is 0.0739. The molecule has 6 aromatic rings. The number of anilines is 2. The molecular formula is C55H64N8O7S. The number of nitrogens with zero attached hydrogens (tertiary/aromatic N) is 5. The zero-order valence-electron chi connectivity index (χ0n) is 41.4. The lowest BCUT2D eigenvalue weighted by atomic mass is 9.59. The molecular weight excluding hydrogens is 917 g/mol. The van der Waals surface area contributed by atoms with Gasteiger partial charge in [-0.1, -0.05) is 71.0 Å². The van der Waals surface area contributed by atoms with Crippen LogP contribution < -0.4 is 24.4 Å². The van der Waals surface area contributed by atoms with Crippen LogP contribution in [0.1, 0.15) is 105 Å². The van der Waals surface area contributed by atoms with Crippen LogP contribution in [0.15, 0.2) is 108 Å². The van der Waals surface area contributed by atoms with Gasteiger partial charge in [-0.2, -0.15) is 0 Å². The molecule has 0 radical (unpaired) electrons. The Morgan fingerprint density at radius 1 is 0.958 bits per heavy atom. The summed E-state index contributed by atoms with van der Waals surface area (Å²) in [5.74, 6) is 0.897. The van der Waals surface area contributed by atoms with Gasteiger partial charge < -0.3 is 24.7 Å². The van der Waals surface area contributed by atoms with Gasteiger partial charge in [-0.05, 0) is 114 Å². The molecule has 5 heterocycles. The summed E-state index contributed by atoms with van der Waals surface area (Å²) in [4.78, 5) is 40.7. The number of carbonyl (C=O) groups excluding carboxylic acids is 1. The molecule has 1 saturated carbocycles. The Morgan fingerprint density at radius 3 is 2.44 bits per heavy atom. The lowest BCUT2D eigenvalue weighted by Crippen LogP contribution is -2.60. The molecule has 3 fully saturated rings. The molecule has 0 bridgehead atoms. The number of fused-ring (bicyclic) bond motifs is 2. The lowest BCUT2D eigenvalue weighted by Gasteiger charge is -2.58. The van der Waals surface area contributed by atoms with Crippen molar-refractivity contribution in [3.63, 3.8) is 0 Å². The van der Waals surface area contributed by atoms with Gasteiger partial charge in [0.25, 0.3) is 21.6 Å². The Balaban J connectivity index is 0.855. The molecule has 15 nitrogen and oxygen atoms in total. The summed E-state index contributed by atoms with van der Waals surface area (Å²) in [6.45, 7) is 16.2. The van der Waals surface area contributed by atoms with Crippen molar-refractivity contribution in [2.45, 2.75) is 102 Å². The van der Waals surface area contributed by atoms with Crippen LogP contribution in [0.25, 0.3) is 11.0 Å². The molecule has 4 aliphatic rings. The molecule has 372 valence electrons. The van der Waals surface area contributed by atoms with E-state index in [4.69, 9.17) is 9.47 Å². The van der Waals surface area contributed by atoms with E-state index in [-0.39, 0.29) is 38.8 Å². The minimum absolute atomic E-state index is 0.00961.